The lowest BCUT2D eigenvalue weighted by Crippen LogP contribution is -2.15. The average molecular weight is 366 g/mol. The largest absolute Gasteiger partial charge is 0.278 e. The van der Waals surface area contributed by atoms with E-state index in [4.69, 9.17) is 0 Å². The van der Waals surface area contributed by atoms with E-state index in [1.165, 1.54) is 10.2 Å². The van der Waals surface area contributed by atoms with Crippen LogP contribution in [0.2, 0.25) is 0 Å². The van der Waals surface area contributed by atoms with Crippen LogP contribution in [0, 0.1) is 13.8 Å². The lowest BCUT2D eigenvalue weighted by atomic mass is 10.0. The highest BCUT2D eigenvalue weighted by molar-refractivity contribution is 5.96. The summed E-state index contributed by atoms with van der Waals surface area (Å²) >= 11 is 0. The van der Waals surface area contributed by atoms with Crippen LogP contribution in [0.15, 0.2) is 84.9 Å². The molecule has 4 rings (SSSR count). The first kappa shape index (κ1) is 17.9. The topological polar surface area (TPSA) is 34.9 Å². The lowest BCUT2D eigenvalue weighted by Gasteiger charge is -2.06. The Labute approximate surface area is 165 Å². The molecule has 0 amide bonds. The van der Waals surface area contributed by atoms with E-state index in [0.717, 1.165) is 34.5 Å². The Hall–Kier alpha value is -3.46. The van der Waals surface area contributed by atoms with Crippen molar-refractivity contribution in [2.45, 2.75) is 20.3 Å². The first-order valence-electron chi connectivity index (χ1n) is 9.42. The Morgan fingerprint density at radius 1 is 0.786 bits per heavy atom. The average Bonchev–Trinajstić information content (AvgIpc) is 3.03. The van der Waals surface area contributed by atoms with Crippen molar-refractivity contribution in [3.05, 3.63) is 113 Å². The second-order valence-electron chi connectivity index (χ2n) is 6.97. The molecule has 0 fully saturated rings. The van der Waals surface area contributed by atoms with Gasteiger partial charge in [0.2, 0.25) is 0 Å². The molecule has 0 saturated carbocycles. The standard InChI is InChI=1S/C25H22N2O/c1-18-24(17-20-9-5-3-6-10-20)19(2)27(26-18)25(28)23-15-13-22(14-16-23)21-11-7-4-8-12-21/h3-16H,17H2,1-2H3. The Bertz CT molecular complexity index is 1090. The zero-order valence-corrected chi connectivity index (χ0v) is 16.1. The maximum atomic E-state index is 13.0. The van der Waals surface area contributed by atoms with E-state index in [9.17, 15) is 4.79 Å². The summed E-state index contributed by atoms with van der Waals surface area (Å²) in [5, 5.41) is 4.53. The number of rotatable bonds is 4. The maximum Gasteiger partial charge on any atom is 0.278 e. The van der Waals surface area contributed by atoms with Crippen molar-refractivity contribution in [2.75, 3.05) is 0 Å². The molecule has 0 saturated heterocycles. The molecular weight excluding hydrogens is 344 g/mol. The number of carbonyl (C=O) groups excluding carboxylic acids is 1. The van der Waals surface area contributed by atoms with Crippen molar-refractivity contribution < 1.29 is 4.79 Å². The van der Waals surface area contributed by atoms with Gasteiger partial charge in [-0.05, 0) is 42.7 Å². The SMILES string of the molecule is Cc1nn(C(=O)c2ccc(-c3ccccc3)cc2)c(C)c1Cc1ccccc1. The van der Waals surface area contributed by atoms with Gasteiger partial charge in [0.05, 0.1) is 5.69 Å². The zero-order valence-electron chi connectivity index (χ0n) is 16.1. The maximum absolute atomic E-state index is 13.0. The minimum Gasteiger partial charge on any atom is -0.267 e. The van der Waals surface area contributed by atoms with Crippen molar-refractivity contribution in [3.63, 3.8) is 0 Å². The molecule has 1 aromatic heterocycles. The summed E-state index contributed by atoms with van der Waals surface area (Å²) in [5.41, 5.74) is 6.99. The van der Waals surface area contributed by atoms with Gasteiger partial charge >= 0.3 is 0 Å². The van der Waals surface area contributed by atoms with Crippen LogP contribution >= 0.6 is 0 Å². The van der Waals surface area contributed by atoms with Crippen LogP contribution in [-0.2, 0) is 6.42 Å². The van der Waals surface area contributed by atoms with E-state index in [1.54, 1.807) is 0 Å². The Kier molecular flexibility index (Phi) is 4.90. The monoisotopic (exact) mass is 366 g/mol. The third-order valence-electron chi connectivity index (χ3n) is 5.10. The Morgan fingerprint density at radius 2 is 1.36 bits per heavy atom. The normalized spacial score (nSPS) is 10.8. The number of aryl methyl sites for hydroxylation is 1. The molecule has 0 aliphatic rings. The summed E-state index contributed by atoms with van der Waals surface area (Å²) in [5.74, 6) is -0.0977. The van der Waals surface area contributed by atoms with Crippen molar-refractivity contribution >= 4 is 5.91 Å². The van der Waals surface area contributed by atoms with Gasteiger partial charge in [0.15, 0.2) is 0 Å². The molecule has 3 heteroatoms. The molecular formula is C25H22N2O. The highest BCUT2D eigenvalue weighted by Crippen LogP contribution is 2.22. The number of benzene rings is 3. The van der Waals surface area contributed by atoms with Crippen molar-refractivity contribution in [2.24, 2.45) is 0 Å². The smallest absolute Gasteiger partial charge is 0.267 e. The summed E-state index contributed by atoms with van der Waals surface area (Å²) in [6.07, 6.45) is 0.777. The van der Waals surface area contributed by atoms with Crippen LogP contribution in [0.5, 0.6) is 0 Å². The van der Waals surface area contributed by atoms with Crippen molar-refractivity contribution in [3.8, 4) is 11.1 Å². The number of aromatic nitrogens is 2. The second-order valence-corrected chi connectivity index (χ2v) is 6.97. The van der Waals surface area contributed by atoms with Crippen LogP contribution in [-0.4, -0.2) is 15.7 Å². The lowest BCUT2D eigenvalue weighted by molar-refractivity contribution is 0.0942. The van der Waals surface area contributed by atoms with E-state index in [2.05, 4.69) is 29.4 Å². The van der Waals surface area contributed by atoms with E-state index < -0.39 is 0 Å². The molecule has 0 radical (unpaired) electrons. The molecule has 4 aromatic rings. The van der Waals surface area contributed by atoms with Gasteiger partial charge in [-0.2, -0.15) is 5.10 Å². The van der Waals surface area contributed by atoms with Gasteiger partial charge in [0.25, 0.3) is 5.91 Å². The number of hydrogen-bond donors (Lipinski definition) is 0. The van der Waals surface area contributed by atoms with Gasteiger partial charge < -0.3 is 0 Å². The zero-order chi connectivity index (χ0) is 19.5. The fourth-order valence-electron chi connectivity index (χ4n) is 3.49. The quantitative estimate of drug-likeness (QED) is 0.482. The van der Waals surface area contributed by atoms with Gasteiger partial charge in [-0.25, -0.2) is 4.68 Å². The van der Waals surface area contributed by atoms with Crippen molar-refractivity contribution in [1.29, 1.82) is 0 Å². The highest BCUT2D eigenvalue weighted by Gasteiger charge is 2.18. The molecule has 0 spiro atoms. The van der Waals surface area contributed by atoms with Crippen LogP contribution < -0.4 is 0 Å². The van der Waals surface area contributed by atoms with E-state index >= 15 is 0 Å². The predicted molar refractivity (Wildman–Crippen MR) is 113 cm³/mol. The van der Waals surface area contributed by atoms with Crippen LogP contribution in [0.3, 0.4) is 0 Å². The molecule has 3 nitrogen and oxygen atoms in total. The molecule has 0 N–H and O–H groups in total. The summed E-state index contributed by atoms with van der Waals surface area (Å²) in [6, 6.07) is 28.1. The predicted octanol–water partition coefficient (Wildman–Crippen LogP) is 5.45. The van der Waals surface area contributed by atoms with E-state index in [1.807, 2.05) is 74.5 Å². The van der Waals surface area contributed by atoms with Gasteiger partial charge in [-0.1, -0.05) is 72.8 Å². The van der Waals surface area contributed by atoms with E-state index in [0.29, 0.717) is 5.56 Å². The van der Waals surface area contributed by atoms with Crippen LogP contribution in [0.25, 0.3) is 11.1 Å². The summed E-state index contributed by atoms with van der Waals surface area (Å²) in [7, 11) is 0. The van der Waals surface area contributed by atoms with Crippen LogP contribution in [0.1, 0.15) is 32.9 Å². The minimum absolute atomic E-state index is 0.0977. The molecule has 0 aliphatic heterocycles. The molecule has 0 aliphatic carbocycles. The summed E-state index contributed by atoms with van der Waals surface area (Å²) in [6.45, 7) is 3.93. The second kappa shape index (κ2) is 7.65. The number of hydrogen-bond acceptors (Lipinski definition) is 2. The highest BCUT2D eigenvalue weighted by atomic mass is 16.2. The fraction of sp³-hybridized carbons (Fsp3) is 0.120. The number of nitrogens with zero attached hydrogens (tertiary/aromatic N) is 2. The fourth-order valence-corrected chi connectivity index (χ4v) is 3.49. The first-order valence-corrected chi connectivity index (χ1v) is 9.42. The summed E-state index contributed by atoms with van der Waals surface area (Å²) in [4.78, 5) is 13.0. The third-order valence-corrected chi connectivity index (χ3v) is 5.10. The van der Waals surface area contributed by atoms with E-state index in [-0.39, 0.29) is 5.91 Å². The van der Waals surface area contributed by atoms with Crippen LogP contribution in [0.4, 0.5) is 0 Å². The van der Waals surface area contributed by atoms with Gasteiger partial charge in [-0.15, -0.1) is 0 Å². The summed E-state index contributed by atoms with van der Waals surface area (Å²) < 4.78 is 1.53. The van der Waals surface area contributed by atoms with Crippen molar-refractivity contribution in [1.82, 2.24) is 9.78 Å². The molecule has 28 heavy (non-hydrogen) atoms. The third kappa shape index (κ3) is 3.52. The number of carbonyl (C=O) groups is 1. The molecule has 3 aromatic carbocycles. The Morgan fingerprint density at radius 3 is 2.00 bits per heavy atom. The van der Waals surface area contributed by atoms with Gasteiger partial charge in [-0.3, -0.25) is 4.79 Å². The molecule has 1 heterocycles. The molecule has 138 valence electrons. The molecule has 0 atom stereocenters. The van der Waals surface area contributed by atoms with Gasteiger partial charge in [0, 0.05) is 23.2 Å². The Balaban J connectivity index is 1.61. The minimum atomic E-state index is -0.0977. The molecule has 0 bridgehead atoms. The molecule has 0 unspecified atom stereocenters. The van der Waals surface area contributed by atoms with Gasteiger partial charge in [0.1, 0.15) is 0 Å². The first-order chi connectivity index (χ1) is 13.6.